The monoisotopic (exact) mass is 545 g/mol. The molecule has 206 valence electrons. The molecule has 1 atom stereocenters. The first kappa shape index (κ1) is 28.7. The second kappa shape index (κ2) is 14.7. The molecule has 0 fully saturated rings. The van der Waals surface area contributed by atoms with E-state index in [-0.39, 0.29) is 5.91 Å². The summed E-state index contributed by atoms with van der Waals surface area (Å²) in [6.07, 6.45) is 7.12. The number of hydrogen-bond acceptors (Lipinski definition) is 3. The van der Waals surface area contributed by atoms with Crippen molar-refractivity contribution in [3.05, 3.63) is 94.8 Å². The van der Waals surface area contributed by atoms with Crippen LogP contribution in [0.2, 0.25) is 5.02 Å². The quantitative estimate of drug-likeness (QED) is 0.153. The van der Waals surface area contributed by atoms with Crippen LogP contribution < -0.4 is 10.1 Å². The normalized spacial score (nSPS) is 12.0. The van der Waals surface area contributed by atoms with Crippen LogP contribution in [-0.4, -0.2) is 28.6 Å². The average molecular weight is 546 g/mol. The van der Waals surface area contributed by atoms with Crippen molar-refractivity contribution in [3.8, 4) is 5.75 Å². The standard InChI is InChI=1S/C33H40ClN3O2/c1-3-25(2)26-16-20-29(21-17-26)39-24-10-9-23-37-31-12-7-6-11-30(31)36-32(37)13-5-4-8-22-35-33(38)27-14-18-28(34)19-15-27/h6-7,11-12,14-21,25H,3-5,8-10,13,22-24H2,1-2H3,(H,35,38). The van der Waals surface area contributed by atoms with Crippen LogP contribution in [0, 0.1) is 0 Å². The lowest BCUT2D eigenvalue weighted by Crippen LogP contribution is -2.24. The van der Waals surface area contributed by atoms with E-state index in [1.807, 2.05) is 6.07 Å². The van der Waals surface area contributed by atoms with Crippen LogP contribution in [0.4, 0.5) is 0 Å². The van der Waals surface area contributed by atoms with Gasteiger partial charge < -0.3 is 14.6 Å². The molecule has 0 aliphatic heterocycles. The molecule has 5 nitrogen and oxygen atoms in total. The number of carbonyl (C=O) groups is 1. The van der Waals surface area contributed by atoms with Gasteiger partial charge in [0.15, 0.2) is 0 Å². The second-order valence-electron chi connectivity index (χ2n) is 10.2. The first-order valence-corrected chi connectivity index (χ1v) is 14.6. The van der Waals surface area contributed by atoms with Gasteiger partial charge in [0.25, 0.3) is 5.91 Å². The van der Waals surface area contributed by atoms with Crippen LogP contribution in [0.1, 0.15) is 80.0 Å². The van der Waals surface area contributed by atoms with Gasteiger partial charge >= 0.3 is 0 Å². The maximum Gasteiger partial charge on any atom is 0.251 e. The summed E-state index contributed by atoms with van der Waals surface area (Å²) in [7, 11) is 0. The Kier molecular flexibility index (Phi) is 10.8. The molecule has 0 bridgehead atoms. The zero-order chi connectivity index (χ0) is 27.5. The van der Waals surface area contributed by atoms with E-state index in [9.17, 15) is 4.79 Å². The molecule has 6 heteroatoms. The number of halogens is 1. The van der Waals surface area contributed by atoms with E-state index in [2.05, 4.69) is 66.2 Å². The SMILES string of the molecule is CCC(C)c1ccc(OCCCCn2c(CCCCCNC(=O)c3ccc(Cl)cc3)nc3ccccc32)cc1. The second-order valence-corrected chi connectivity index (χ2v) is 10.6. The summed E-state index contributed by atoms with van der Waals surface area (Å²) in [5.74, 6) is 2.61. The maximum atomic E-state index is 12.3. The highest BCUT2D eigenvalue weighted by atomic mass is 35.5. The zero-order valence-electron chi connectivity index (χ0n) is 23.2. The van der Waals surface area contributed by atoms with Gasteiger partial charge in [-0.05, 0) is 92.1 Å². The Morgan fingerprint density at radius 1 is 0.949 bits per heavy atom. The van der Waals surface area contributed by atoms with E-state index >= 15 is 0 Å². The predicted octanol–water partition coefficient (Wildman–Crippen LogP) is 8.21. The molecule has 3 aromatic carbocycles. The summed E-state index contributed by atoms with van der Waals surface area (Å²) in [4.78, 5) is 17.2. The largest absolute Gasteiger partial charge is 0.494 e. The van der Waals surface area contributed by atoms with Crippen molar-refractivity contribution in [3.63, 3.8) is 0 Å². The van der Waals surface area contributed by atoms with Crippen molar-refractivity contribution < 1.29 is 9.53 Å². The molecule has 0 aliphatic carbocycles. The van der Waals surface area contributed by atoms with Crippen LogP contribution in [0.15, 0.2) is 72.8 Å². The van der Waals surface area contributed by atoms with E-state index in [0.717, 1.165) is 68.6 Å². The summed E-state index contributed by atoms with van der Waals surface area (Å²) in [6, 6.07) is 23.9. The molecule has 0 saturated heterocycles. The van der Waals surface area contributed by atoms with Gasteiger partial charge in [-0.2, -0.15) is 0 Å². The molecule has 0 spiro atoms. The highest BCUT2D eigenvalue weighted by Crippen LogP contribution is 2.22. The summed E-state index contributed by atoms with van der Waals surface area (Å²) in [5.41, 5.74) is 4.26. The molecule has 4 rings (SSSR count). The molecule has 0 saturated carbocycles. The Bertz CT molecular complexity index is 1320. The molecule has 4 aromatic rings. The number of imidazole rings is 1. The number of para-hydroxylation sites is 2. The van der Waals surface area contributed by atoms with E-state index < -0.39 is 0 Å². The summed E-state index contributed by atoms with van der Waals surface area (Å²) in [5, 5.41) is 3.63. The topological polar surface area (TPSA) is 56.1 Å². The van der Waals surface area contributed by atoms with Gasteiger partial charge in [-0.1, -0.05) is 56.1 Å². The number of aryl methyl sites for hydroxylation is 2. The number of amides is 1. The van der Waals surface area contributed by atoms with E-state index in [1.165, 1.54) is 11.1 Å². The van der Waals surface area contributed by atoms with Gasteiger partial charge in [0.05, 0.1) is 17.6 Å². The first-order valence-electron chi connectivity index (χ1n) is 14.3. The fourth-order valence-electron chi connectivity index (χ4n) is 4.75. The van der Waals surface area contributed by atoms with Gasteiger partial charge in [0.2, 0.25) is 0 Å². The number of nitrogens with one attached hydrogen (secondary N) is 1. The van der Waals surface area contributed by atoms with Crippen LogP contribution >= 0.6 is 11.6 Å². The fraction of sp³-hybridized carbons (Fsp3) is 0.394. The number of benzene rings is 3. The van der Waals surface area contributed by atoms with E-state index in [1.54, 1.807) is 24.3 Å². The molecule has 1 amide bonds. The first-order chi connectivity index (χ1) is 19.0. The molecule has 1 N–H and O–H groups in total. The minimum Gasteiger partial charge on any atom is -0.494 e. The Balaban J connectivity index is 1.20. The van der Waals surface area contributed by atoms with Crippen molar-refractivity contribution >= 4 is 28.5 Å². The highest BCUT2D eigenvalue weighted by Gasteiger charge is 2.11. The minimum atomic E-state index is -0.0551. The third-order valence-corrected chi connectivity index (χ3v) is 7.56. The number of ether oxygens (including phenoxy) is 1. The highest BCUT2D eigenvalue weighted by molar-refractivity contribution is 6.30. The molecule has 0 radical (unpaired) electrons. The van der Waals surface area contributed by atoms with Gasteiger partial charge in [0.1, 0.15) is 11.6 Å². The van der Waals surface area contributed by atoms with E-state index in [4.69, 9.17) is 21.3 Å². The third kappa shape index (κ3) is 8.34. The number of fused-ring (bicyclic) bond motifs is 1. The lowest BCUT2D eigenvalue weighted by atomic mass is 9.99. The summed E-state index contributed by atoms with van der Waals surface area (Å²) in [6.45, 7) is 6.79. The number of nitrogens with zero attached hydrogens (tertiary/aromatic N) is 2. The summed E-state index contributed by atoms with van der Waals surface area (Å²) >= 11 is 5.90. The van der Waals surface area contributed by atoms with Crippen LogP contribution in [0.5, 0.6) is 5.75 Å². The Morgan fingerprint density at radius 3 is 2.49 bits per heavy atom. The molecular weight excluding hydrogens is 506 g/mol. The maximum absolute atomic E-state index is 12.3. The van der Waals surface area contributed by atoms with Crippen LogP contribution in [0.3, 0.4) is 0 Å². The Hall–Kier alpha value is -3.31. The number of unbranched alkanes of at least 4 members (excludes halogenated alkanes) is 3. The fourth-order valence-corrected chi connectivity index (χ4v) is 4.87. The molecular formula is C33H40ClN3O2. The predicted molar refractivity (Wildman–Crippen MR) is 161 cm³/mol. The van der Waals surface area contributed by atoms with E-state index in [0.29, 0.717) is 29.7 Å². The van der Waals surface area contributed by atoms with Crippen molar-refractivity contribution in [2.45, 2.75) is 71.3 Å². The van der Waals surface area contributed by atoms with Crippen molar-refractivity contribution in [1.82, 2.24) is 14.9 Å². The Morgan fingerprint density at radius 2 is 1.72 bits per heavy atom. The lowest BCUT2D eigenvalue weighted by Gasteiger charge is -2.12. The molecule has 1 unspecified atom stereocenters. The molecule has 1 aromatic heterocycles. The average Bonchev–Trinajstić information content (AvgIpc) is 3.32. The minimum absolute atomic E-state index is 0.0551. The Labute approximate surface area is 237 Å². The number of aromatic nitrogens is 2. The lowest BCUT2D eigenvalue weighted by molar-refractivity contribution is 0.0953. The van der Waals surface area contributed by atoms with Gasteiger partial charge in [-0.3, -0.25) is 4.79 Å². The number of hydrogen-bond donors (Lipinski definition) is 1. The van der Waals surface area contributed by atoms with Gasteiger partial charge in [0, 0.05) is 30.1 Å². The molecule has 1 heterocycles. The summed E-state index contributed by atoms with van der Waals surface area (Å²) < 4.78 is 8.38. The smallest absolute Gasteiger partial charge is 0.251 e. The molecule has 39 heavy (non-hydrogen) atoms. The molecule has 0 aliphatic rings. The van der Waals surface area contributed by atoms with Gasteiger partial charge in [-0.25, -0.2) is 4.98 Å². The van der Waals surface area contributed by atoms with Crippen molar-refractivity contribution in [2.75, 3.05) is 13.2 Å². The van der Waals surface area contributed by atoms with Gasteiger partial charge in [-0.15, -0.1) is 0 Å². The van der Waals surface area contributed by atoms with Crippen LogP contribution in [-0.2, 0) is 13.0 Å². The third-order valence-electron chi connectivity index (χ3n) is 7.31. The zero-order valence-corrected chi connectivity index (χ0v) is 23.9. The number of carbonyl (C=O) groups excluding carboxylic acids is 1. The van der Waals surface area contributed by atoms with Crippen molar-refractivity contribution in [1.29, 1.82) is 0 Å². The number of rotatable bonds is 15. The van der Waals surface area contributed by atoms with Crippen LogP contribution in [0.25, 0.3) is 11.0 Å². The van der Waals surface area contributed by atoms with Crippen molar-refractivity contribution in [2.24, 2.45) is 0 Å².